The zero-order valence-electron chi connectivity index (χ0n) is 11.5. The minimum Gasteiger partial charge on any atom is -0.350 e. The van der Waals surface area contributed by atoms with Gasteiger partial charge in [-0.1, -0.05) is 6.92 Å². The zero-order chi connectivity index (χ0) is 14.8. The predicted molar refractivity (Wildman–Crippen MR) is 77.2 cm³/mol. The third-order valence-corrected chi connectivity index (χ3v) is 5.33. The largest absolute Gasteiger partial charge is 0.350 e. The molecule has 1 fully saturated rings. The number of nitrogens with one attached hydrogen (secondary N) is 1. The molecule has 1 saturated carbocycles. The Bertz CT molecular complexity index is 577. The average Bonchev–Trinajstić information content (AvgIpc) is 3.29. The molecular formula is C14H20N2O3S. The molecule has 1 atom stereocenters. The zero-order valence-corrected chi connectivity index (χ0v) is 12.3. The first-order valence-corrected chi connectivity index (χ1v) is 8.46. The third-order valence-electron chi connectivity index (χ3n) is 3.58. The molecule has 20 heavy (non-hydrogen) atoms. The maximum atomic E-state index is 11.9. The van der Waals surface area contributed by atoms with Crippen LogP contribution in [0.4, 0.5) is 0 Å². The normalized spacial score (nSPS) is 16.7. The predicted octanol–water partition coefficient (Wildman–Crippen LogP) is 0.947. The molecule has 2 rings (SSSR count). The smallest absolute Gasteiger partial charge is 0.251 e. The summed E-state index contributed by atoms with van der Waals surface area (Å²) in [6.45, 7) is 2.05. The van der Waals surface area contributed by atoms with E-state index in [0.29, 0.717) is 18.0 Å². The van der Waals surface area contributed by atoms with Crippen LogP contribution in [0.15, 0.2) is 29.2 Å². The number of carbonyl (C=O) groups excluding carboxylic acids is 1. The number of hydrogen-bond acceptors (Lipinski definition) is 4. The molecule has 0 bridgehead atoms. The molecule has 110 valence electrons. The van der Waals surface area contributed by atoms with Crippen molar-refractivity contribution in [3.05, 3.63) is 29.8 Å². The molecule has 0 aromatic heterocycles. The summed E-state index contributed by atoms with van der Waals surface area (Å²) in [5, 5.41) is 2.78. The Kier molecular flexibility index (Phi) is 4.45. The van der Waals surface area contributed by atoms with E-state index in [9.17, 15) is 13.2 Å². The summed E-state index contributed by atoms with van der Waals surface area (Å²) in [4.78, 5) is 12.1. The van der Waals surface area contributed by atoms with Crippen molar-refractivity contribution in [1.82, 2.24) is 5.32 Å². The van der Waals surface area contributed by atoms with Gasteiger partial charge in [0.25, 0.3) is 5.91 Å². The highest BCUT2D eigenvalue weighted by Crippen LogP contribution is 2.31. The van der Waals surface area contributed by atoms with Gasteiger partial charge in [0.1, 0.15) is 0 Å². The molecule has 1 aromatic rings. The molecule has 6 heteroatoms. The number of carbonyl (C=O) groups is 1. The average molecular weight is 296 g/mol. The molecule has 1 unspecified atom stereocenters. The van der Waals surface area contributed by atoms with Crippen molar-refractivity contribution in [1.29, 1.82) is 0 Å². The fourth-order valence-electron chi connectivity index (χ4n) is 1.98. The van der Waals surface area contributed by atoms with Gasteiger partial charge in [-0.25, -0.2) is 8.42 Å². The molecule has 1 aromatic carbocycles. The lowest BCUT2D eigenvalue weighted by Gasteiger charge is -2.11. The van der Waals surface area contributed by atoms with Crippen molar-refractivity contribution in [2.75, 3.05) is 12.3 Å². The summed E-state index contributed by atoms with van der Waals surface area (Å²) in [6, 6.07) is 6.00. The number of nitrogens with two attached hydrogens (primary N) is 1. The topological polar surface area (TPSA) is 89.3 Å². The summed E-state index contributed by atoms with van der Waals surface area (Å²) < 4.78 is 23.3. The van der Waals surface area contributed by atoms with Gasteiger partial charge in [0.15, 0.2) is 9.84 Å². The Hall–Kier alpha value is -1.40. The maximum absolute atomic E-state index is 11.9. The van der Waals surface area contributed by atoms with Crippen molar-refractivity contribution in [2.24, 2.45) is 11.7 Å². The lowest BCUT2D eigenvalue weighted by atomic mass is 10.2. The fraction of sp³-hybridized carbons (Fsp3) is 0.500. The molecule has 0 aliphatic heterocycles. The Labute approximate surface area is 119 Å². The van der Waals surface area contributed by atoms with E-state index in [1.54, 1.807) is 6.92 Å². The Balaban J connectivity index is 1.96. The van der Waals surface area contributed by atoms with E-state index in [0.717, 1.165) is 12.8 Å². The van der Waals surface area contributed by atoms with Crippen molar-refractivity contribution >= 4 is 15.7 Å². The highest BCUT2D eigenvalue weighted by molar-refractivity contribution is 7.91. The second-order valence-corrected chi connectivity index (χ2v) is 7.42. The summed E-state index contributed by atoms with van der Waals surface area (Å²) >= 11 is 0. The van der Waals surface area contributed by atoms with E-state index in [2.05, 4.69) is 5.32 Å². The quantitative estimate of drug-likeness (QED) is 0.818. The summed E-state index contributed by atoms with van der Waals surface area (Å²) in [5.41, 5.74) is 6.36. The van der Waals surface area contributed by atoms with Gasteiger partial charge in [0.05, 0.1) is 10.6 Å². The monoisotopic (exact) mass is 296 g/mol. The number of sulfone groups is 1. The SMILES string of the molecule is CCS(=O)(=O)c1ccc(C(=O)NCC(N)C2CC2)cc1. The number of rotatable bonds is 6. The van der Waals surface area contributed by atoms with Crippen molar-refractivity contribution in [2.45, 2.75) is 30.7 Å². The van der Waals surface area contributed by atoms with Crippen LogP contribution < -0.4 is 11.1 Å². The molecule has 1 amide bonds. The van der Waals surface area contributed by atoms with E-state index in [-0.39, 0.29) is 22.6 Å². The van der Waals surface area contributed by atoms with Crippen LogP contribution in [0.2, 0.25) is 0 Å². The third kappa shape index (κ3) is 3.58. The van der Waals surface area contributed by atoms with Gasteiger partial charge in [-0.2, -0.15) is 0 Å². The van der Waals surface area contributed by atoms with Gasteiger partial charge in [0, 0.05) is 18.2 Å². The summed E-state index contributed by atoms with van der Waals surface area (Å²) in [6.07, 6.45) is 2.28. The van der Waals surface area contributed by atoms with E-state index in [4.69, 9.17) is 5.73 Å². The molecule has 0 spiro atoms. The molecule has 0 saturated heterocycles. The van der Waals surface area contributed by atoms with Crippen LogP contribution in [0.1, 0.15) is 30.1 Å². The minimum absolute atomic E-state index is 0.0127. The van der Waals surface area contributed by atoms with Crippen LogP contribution in [0.25, 0.3) is 0 Å². The summed E-state index contributed by atoms with van der Waals surface area (Å²) in [5.74, 6) is 0.364. The standard InChI is InChI=1S/C14H20N2O3S/c1-2-20(18,19)12-7-5-11(6-8-12)14(17)16-9-13(15)10-3-4-10/h5-8,10,13H,2-4,9,15H2,1H3,(H,16,17). The van der Waals surface area contributed by atoms with Crippen LogP contribution in [0, 0.1) is 5.92 Å². The van der Waals surface area contributed by atoms with Crippen LogP contribution in [0.5, 0.6) is 0 Å². The van der Waals surface area contributed by atoms with Crippen LogP contribution in [0.3, 0.4) is 0 Å². The van der Waals surface area contributed by atoms with Gasteiger partial charge in [0.2, 0.25) is 0 Å². The lowest BCUT2D eigenvalue weighted by molar-refractivity contribution is 0.0950. The summed E-state index contributed by atoms with van der Waals surface area (Å²) in [7, 11) is -3.22. The van der Waals surface area contributed by atoms with Crippen molar-refractivity contribution in [3.63, 3.8) is 0 Å². The number of benzene rings is 1. The molecule has 1 aliphatic carbocycles. The Morgan fingerprint density at radius 3 is 2.45 bits per heavy atom. The Morgan fingerprint density at radius 2 is 1.95 bits per heavy atom. The van der Waals surface area contributed by atoms with E-state index in [1.165, 1.54) is 24.3 Å². The first kappa shape index (κ1) is 15.0. The van der Waals surface area contributed by atoms with Gasteiger partial charge in [-0.3, -0.25) is 4.79 Å². The van der Waals surface area contributed by atoms with Crippen molar-refractivity contribution in [3.8, 4) is 0 Å². The lowest BCUT2D eigenvalue weighted by Crippen LogP contribution is -2.38. The van der Waals surface area contributed by atoms with Gasteiger partial charge in [-0.15, -0.1) is 0 Å². The molecular weight excluding hydrogens is 276 g/mol. The molecule has 0 radical (unpaired) electrons. The second-order valence-electron chi connectivity index (χ2n) is 5.14. The van der Waals surface area contributed by atoms with E-state index >= 15 is 0 Å². The van der Waals surface area contributed by atoms with Crippen LogP contribution >= 0.6 is 0 Å². The van der Waals surface area contributed by atoms with Crippen molar-refractivity contribution < 1.29 is 13.2 Å². The number of hydrogen-bond donors (Lipinski definition) is 2. The van der Waals surface area contributed by atoms with E-state index in [1.807, 2.05) is 0 Å². The molecule has 5 nitrogen and oxygen atoms in total. The second kappa shape index (κ2) is 5.93. The minimum atomic E-state index is -3.22. The highest BCUT2D eigenvalue weighted by atomic mass is 32.2. The maximum Gasteiger partial charge on any atom is 0.251 e. The molecule has 1 aliphatic rings. The molecule has 3 N–H and O–H groups in total. The fourth-order valence-corrected chi connectivity index (χ4v) is 2.87. The van der Waals surface area contributed by atoms with Gasteiger partial charge < -0.3 is 11.1 Å². The number of amides is 1. The van der Waals surface area contributed by atoms with E-state index < -0.39 is 9.84 Å². The first-order valence-electron chi connectivity index (χ1n) is 6.80. The highest BCUT2D eigenvalue weighted by Gasteiger charge is 2.28. The first-order chi connectivity index (χ1) is 9.44. The molecule has 0 heterocycles. The van der Waals surface area contributed by atoms with Crippen LogP contribution in [-0.4, -0.2) is 32.7 Å². The van der Waals surface area contributed by atoms with Gasteiger partial charge >= 0.3 is 0 Å². The van der Waals surface area contributed by atoms with Gasteiger partial charge in [-0.05, 0) is 43.0 Å². The van der Waals surface area contributed by atoms with Crippen LogP contribution in [-0.2, 0) is 9.84 Å². The Morgan fingerprint density at radius 1 is 1.35 bits per heavy atom.